The van der Waals surface area contributed by atoms with Crippen LogP contribution in [-0.2, 0) is 5.41 Å². The Morgan fingerprint density at radius 3 is 1.98 bits per heavy atom. The van der Waals surface area contributed by atoms with Gasteiger partial charge in [0.25, 0.3) is 0 Å². The Kier molecular flexibility index (Phi) is 4.65. The fourth-order valence-electron chi connectivity index (χ4n) is 7.92. The average molecular weight is 561 g/mol. The Balaban J connectivity index is 1.32. The van der Waals surface area contributed by atoms with Crippen molar-refractivity contribution in [3.05, 3.63) is 168 Å². The molecule has 0 fully saturated rings. The van der Waals surface area contributed by atoms with Crippen LogP contribution in [0.1, 0.15) is 22.3 Å². The summed E-state index contributed by atoms with van der Waals surface area (Å²) in [7, 11) is 0. The van der Waals surface area contributed by atoms with Crippen molar-refractivity contribution < 1.29 is 4.42 Å². The van der Waals surface area contributed by atoms with Gasteiger partial charge in [0.2, 0.25) is 0 Å². The molecule has 3 nitrogen and oxygen atoms in total. The third kappa shape index (κ3) is 2.96. The molecule has 8 aromatic rings. The fourth-order valence-corrected chi connectivity index (χ4v) is 7.92. The number of pyridine rings is 2. The van der Waals surface area contributed by atoms with E-state index < -0.39 is 5.41 Å². The zero-order valence-corrected chi connectivity index (χ0v) is 23.7. The average Bonchev–Trinajstić information content (AvgIpc) is 3.71. The molecule has 0 bridgehead atoms. The van der Waals surface area contributed by atoms with Crippen molar-refractivity contribution in [3.8, 4) is 44.5 Å². The second kappa shape index (κ2) is 8.62. The molecule has 2 aliphatic carbocycles. The van der Waals surface area contributed by atoms with E-state index in [1.807, 2.05) is 36.9 Å². The highest BCUT2D eigenvalue weighted by atomic mass is 16.3. The number of para-hydroxylation sites is 1. The summed E-state index contributed by atoms with van der Waals surface area (Å²) in [4.78, 5) is 8.97. The number of aromatic nitrogens is 2. The lowest BCUT2D eigenvalue weighted by Crippen LogP contribution is -2.25. The topological polar surface area (TPSA) is 38.9 Å². The maximum Gasteiger partial charge on any atom is 0.136 e. The van der Waals surface area contributed by atoms with E-state index in [-0.39, 0.29) is 0 Å². The molecule has 1 atom stereocenters. The molecule has 5 aromatic carbocycles. The molecule has 0 radical (unpaired) electrons. The molecule has 3 aromatic heterocycles. The van der Waals surface area contributed by atoms with Crippen molar-refractivity contribution in [2.45, 2.75) is 5.41 Å². The SMILES string of the molecule is c1cncc(-c2ccncc2-c2ccc3c(c2)C2(c4ccccc4-3)c3ccccc3-c3cc4oc5ccccc5c4cc32)c1. The van der Waals surface area contributed by atoms with Crippen LogP contribution >= 0.6 is 0 Å². The number of hydrogen-bond donors (Lipinski definition) is 0. The van der Waals surface area contributed by atoms with Gasteiger partial charge in [-0.1, -0.05) is 84.9 Å². The monoisotopic (exact) mass is 560 g/mol. The minimum atomic E-state index is -0.461. The van der Waals surface area contributed by atoms with E-state index in [9.17, 15) is 0 Å². The van der Waals surface area contributed by atoms with E-state index in [2.05, 4.69) is 119 Å². The summed E-state index contributed by atoms with van der Waals surface area (Å²) >= 11 is 0. The van der Waals surface area contributed by atoms with Crippen LogP contribution in [0.25, 0.3) is 66.4 Å². The highest BCUT2D eigenvalue weighted by Crippen LogP contribution is 2.63. The normalized spacial score (nSPS) is 15.8. The van der Waals surface area contributed by atoms with E-state index in [0.717, 1.165) is 44.2 Å². The van der Waals surface area contributed by atoms with E-state index in [1.54, 1.807) is 0 Å². The second-order valence-corrected chi connectivity index (χ2v) is 11.8. The smallest absolute Gasteiger partial charge is 0.136 e. The quantitative estimate of drug-likeness (QED) is 0.211. The van der Waals surface area contributed by atoms with Gasteiger partial charge in [-0.3, -0.25) is 9.97 Å². The maximum atomic E-state index is 6.40. The van der Waals surface area contributed by atoms with Gasteiger partial charge in [0, 0.05) is 46.7 Å². The van der Waals surface area contributed by atoms with Gasteiger partial charge >= 0.3 is 0 Å². The highest BCUT2D eigenvalue weighted by molar-refractivity contribution is 6.09. The number of nitrogens with zero attached hydrogens (tertiary/aromatic N) is 2. The first-order valence-electron chi connectivity index (χ1n) is 15.0. The molecule has 1 unspecified atom stereocenters. The van der Waals surface area contributed by atoms with Gasteiger partial charge in [-0.05, 0) is 92.0 Å². The minimum absolute atomic E-state index is 0.461. The van der Waals surface area contributed by atoms with Gasteiger partial charge in [-0.15, -0.1) is 0 Å². The summed E-state index contributed by atoms with van der Waals surface area (Å²) in [5, 5.41) is 2.30. The standard InChI is InChI=1S/C41H24N2O/c1-4-12-35-28(9-1)30-16-15-25(34-24-43-19-17-27(34)26-8-7-18-42-23-26)20-37(30)41(35)36-13-5-2-10-29(36)32-22-40-33(21-38(32)41)31-11-3-6-14-39(31)44-40/h1-24H. The lowest BCUT2D eigenvalue weighted by Gasteiger charge is -2.31. The second-order valence-electron chi connectivity index (χ2n) is 11.8. The summed E-state index contributed by atoms with van der Waals surface area (Å²) < 4.78 is 6.40. The third-order valence-electron chi connectivity index (χ3n) is 9.69. The molecule has 0 saturated heterocycles. The van der Waals surface area contributed by atoms with Crippen LogP contribution in [0, 0.1) is 0 Å². The fraction of sp³-hybridized carbons (Fsp3) is 0.0244. The van der Waals surface area contributed by atoms with Crippen molar-refractivity contribution in [2.75, 3.05) is 0 Å². The Morgan fingerprint density at radius 1 is 0.409 bits per heavy atom. The predicted molar refractivity (Wildman–Crippen MR) is 176 cm³/mol. The number of hydrogen-bond acceptors (Lipinski definition) is 3. The van der Waals surface area contributed by atoms with Crippen LogP contribution in [0.5, 0.6) is 0 Å². The van der Waals surface area contributed by atoms with Gasteiger partial charge in [-0.2, -0.15) is 0 Å². The maximum absolute atomic E-state index is 6.40. The molecule has 10 rings (SSSR count). The summed E-state index contributed by atoms with van der Waals surface area (Å²) in [6.45, 7) is 0. The number of fused-ring (bicyclic) bond motifs is 13. The van der Waals surface area contributed by atoms with E-state index in [4.69, 9.17) is 4.42 Å². The molecule has 0 N–H and O–H groups in total. The first-order valence-corrected chi connectivity index (χ1v) is 15.0. The third-order valence-corrected chi connectivity index (χ3v) is 9.69. The number of benzene rings is 5. The van der Waals surface area contributed by atoms with Crippen molar-refractivity contribution in [1.82, 2.24) is 9.97 Å². The summed E-state index contributed by atoms with van der Waals surface area (Å²) in [6, 6.07) is 44.0. The van der Waals surface area contributed by atoms with Crippen LogP contribution in [0.15, 0.2) is 151 Å². The Labute approximate surface area is 254 Å². The number of rotatable bonds is 2. The summed E-state index contributed by atoms with van der Waals surface area (Å²) in [6.07, 6.45) is 7.58. The molecule has 3 heteroatoms. The van der Waals surface area contributed by atoms with Crippen molar-refractivity contribution in [1.29, 1.82) is 0 Å². The molecule has 2 aliphatic rings. The molecule has 3 heterocycles. The van der Waals surface area contributed by atoms with Crippen LogP contribution in [0.4, 0.5) is 0 Å². The molecule has 0 amide bonds. The van der Waals surface area contributed by atoms with Gasteiger partial charge in [0.1, 0.15) is 11.2 Å². The Bertz CT molecular complexity index is 2460. The predicted octanol–water partition coefficient (Wildman–Crippen LogP) is 10.1. The highest BCUT2D eigenvalue weighted by Gasteiger charge is 2.52. The first-order chi connectivity index (χ1) is 21.8. The lowest BCUT2D eigenvalue weighted by atomic mass is 9.70. The van der Waals surface area contributed by atoms with Crippen molar-refractivity contribution in [2.24, 2.45) is 0 Å². The summed E-state index contributed by atoms with van der Waals surface area (Å²) in [5.41, 5.74) is 16.1. The Hall–Kier alpha value is -5.80. The summed E-state index contributed by atoms with van der Waals surface area (Å²) in [5.74, 6) is 0. The number of furan rings is 1. The van der Waals surface area contributed by atoms with Crippen molar-refractivity contribution >= 4 is 21.9 Å². The van der Waals surface area contributed by atoms with E-state index in [1.165, 1.54) is 44.5 Å². The molecular weight excluding hydrogens is 536 g/mol. The van der Waals surface area contributed by atoms with Crippen LogP contribution in [-0.4, -0.2) is 9.97 Å². The molecule has 0 saturated carbocycles. The molecule has 0 aliphatic heterocycles. The van der Waals surface area contributed by atoms with Gasteiger partial charge in [0.15, 0.2) is 0 Å². The zero-order valence-electron chi connectivity index (χ0n) is 23.7. The zero-order chi connectivity index (χ0) is 28.8. The first kappa shape index (κ1) is 23.7. The van der Waals surface area contributed by atoms with Crippen LogP contribution in [0.2, 0.25) is 0 Å². The molecule has 44 heavy (non-hydrogen) atoms. The van der Waals surface area contributed by atoms with Gasteiger partial charge < -0.3 is 4.42 Å². The largest absolute Gasteiger partial charge is 0.456 e. The van der Waals surface area contributed by atoms with E-state index in [0.29, 0.717) is 0 Å². The lowest BCUT2D eigenvalue weighted by molar-refractivity contribution is 0.669. The van der Waals surface area contributed by atoms with Crippen LogP contribution in [0.3, 0.4) is 0 Å². The van der Waals surface area contributed by atoms with E-state index >= 15 is 0 Å². The van der Waals surface area contributed by atoms with Gasteiger partial charge in [0.05, 0.1) is 5.41 Å². The van der Waals surface area contributed by atoms with Gasteiger partial charge in [-0.25, -0.2) is 0 Å². The molecular formula is C41H24N2O. The van der Waals surface area contributed by atoms with Crippen molar-refractivity contribution in [3.63, 3.8) is 0 Å². The molecule has 204 valence electrons. The molecule has 1 spiro atoms. The van der Waals surface area contributed by atoms with Crippen LogP contribution < -0.4 is 0 Å². The minimum Gasteiger partial charge on any atom is -0.456 e. The Morgan fingerprint density at radius 2 is 1.14 bits per heavy atom.